The Morgan fingerprint density at radius 2 is 1.79 bits per heavy atom. The lowest BCUT2D eigenvalue weighted by Gasteiger charge is -2.33. The number of hydrogen-bond acceptors (Lipinski definition) is 5. The first-order valence-corrected chi connectivity index (χ1v) is 10.2. The molecule has 0 unspecified atom stereocenters. The Kier molecular flexibility index (Phi) is 6.85. The summed E-state index contributed by atoms with van der Waals surface area (Å²) in [5.41, 5.74) is 1.16. The van der Waals surface area contributed by atoms with Gasteiger partial charge < -0.3 is 19.3 Å². The Morgan fingerprint density at radius 3 is 2.43 bits per heavy atom. The van der Waals surface area contributed by atoms with E-state index in [0.29, 0.717) is 5.92 Å². The first-order chi connectivity index (χ1) is 13.5. The van der Waals surface area contributed by atoms with Crippen molar-refractivity contribution >= 4 is 0 Å². The molecule has 3 rings (SSSR count). The molecule has 0 spiro atoms. The van der Waals surface area contributed by atoms with Crippen molar-refractivity contribution in [1.82, 2.24) is 20.2 Å². The Bertz CT molecular complexity index is 755. The molecule has 8 heteroatoms. The van der Waals surface area contributed by atoms with Crippen molar-refractivity contribution in [3.8, 4) is 11.5 Å². The fourth-order valence-electron chi connectivity index (χ4n) is 3.84. The molecule has 0 saturated carbocycles. The minimum Gasteiger partial charge on any atom is -0.493 e. The number of methoxy groups -OCH3 is 2. The quantitative estimate of drug-likeness (QED) is 0.620. The smallest absolute Gasteiger partial charge is 0.214 e. The second-order valence-electron chi connectivity index (χ2n) is 8.11. The molecule has 0 aliphatic carbocycles. The highest BCUT2D eigenvalue weighted by molar-refractivity contribution is 5.44. The van der Waals surface area contributed by atoms with Crippen LogP contribution in [0.15, 0.2) is 18.2 Å². The Hall–Kier alpha value is -2.19. The molecule has 1 fully saturated rings. The molecule has 1 saturated heterocycles. The number of hydrogen-bond donors (Lipinski definition) is 2. The van der Waals surface area contributed by atoms with Crippen LogP contribution in [0.25, 0.3) is 0 Å². The molecular weight excluding hydrogens is 356 g/mol. The highest BCUT2D eigenvalue weighted by Crippen LogP contribution is 2.30. The minimum absolute atomic E-state index is 0.0788. The molecular formula is C20H34N6O2+2. The maximum atomic E-state index is 5.56. The van der Waals surface area contributed by atoms with Crippen LogP contribution in [0.1, 0.15) is 37.7 Å². The van der Waals surface area contributed by atoms with Crippen LogP contribution < -0.4 is 19.3 Å². The molecule has 0 radical (unpaired) electrons. The third kappa shape index (κ3) is 4.62. The van der Waals surface area contributed by atoms with Crippen molar-refractivity contribution in [3.63, 3.8) is 0 Å². The van der Waals surface area contributed by atoms with Crippen LogP contribution >= 0.6 is 0 Å². The summed E-state index contributed by atoms with van der Waals surface area (Å²) >= 11 is 0. The Morgan fingerprint density at radius 1 is 1.07 bits per heavy atom. The number of quaternary nitrogens is 2. The number of likely N-dealkylation sites (N-methyl/N-ethyl adjacent to an activating group) is 1. The van der Waals surface area contributed by atoms with Gasteiger partial charge in [0.2, 0.25) is 5.82 Å². The lowest BCUT2D eigenvalue weighted by molar-refractivity contribution is -1.02. The van der Waals surface area contributed by atoms with Gasteiger partial charge in [-0.3, -0.25) is 0 Å². The zero-order valence-corrected chi connectivity index (χ0v) is 17.7. The molecule has 28 heavy (non-hydrogen) atoms. The van der Waals surface area contributed by atoms with Crippen LogP contribution in [0, 0.1) is 5.92 Å². The number of tetrazole rings is 1. The van der Waals surface area contributed by atoms with Crippen molar-refractivity contribution in [2.45, 2.75) is 32.9 Å². The van der Waals surface area contributed by atoms with Gasteiger partial charge in [0, 0.05) is 12.1 Å². The summed E-state index contributed by atoms with van der Waals surface area (Å²) in [6.07, 6.45) is 1.05. The zero-order valence-electron chi connectivity index (χ0n) is 17.7. The molecule has 1 aromatic heterocycles. The van der Waals surface area contributed by atoms with Crippen molar-refractivity contribution in [2.75, 3.05) is 47.4 Å². The number of benzene rings is 1. The Balaban J connectivity index is 1.98. The predicted molar refractivity (Wildman–Crippen MR) is 106 cm³/mol. The molecule has 8 nitrogen and oxygen atoms in total. The standard InChI is InChI=1S/C20H32N6O2/c1-15(2)8-9-26-20(21-22-23-26)19(25-12-10-24(3)11-13-25)16-6-7-17(27-4)18(14-16)28-5/h6-7,14-15,19H,8-13H2,1-5H3/p+2/t19-/m0/s1. The maximum absolute atomic E-state index is 5.56. The third-order valence-corrected chi connectivity index (χ3v) is 5.63. The normalized spacial score (nSPS) is 20.9. The summed E-state index contributed by atoms with van der Waals surface area (Å²) in [4.78, 5) is 3.08. The van der Waals surface area contributed by atoms with Crippen LogP contribution in [0.5, 0.6) is 11.5 Å². The summed E-state index contributed by atoms with van der Waals surface area (Å²) in [6.45, 7) is 9.75. The molecule has 1 aliphatic rings. The van der Waals surface area contributed by atoms with Gasteiger partial charge in [-0.25, -0.2) is 4.68 Å². The molecule has 1 atom stereocenters. The van der Waals surface area contributed by atoms with Gasteiger partial charge >= 0.3 is 0 Å². The van der Waals surface area contributed by atoms with Crippen LogP contribution in [-0.2, 0) is 6.54 Å². The van der Waals surface area contributed by atoms with Crippen LogP contribution in [0.4, 0.5) is 0 Å². The molecule has 1 aromatic carbocycles. The second kappa shape index (κ2) is 9.34. The topological polar surface area (TPSA) is 70.9 Å². The van der Waals surface area contributed by atoms with Crippen molar-refractivity contribution in [1.29, 1.82) is 0 Å². The fourth-order valence-corrected chi connectivity index (χ4v) is 3.84. The van der Waals surface area contributed by atoms with Gasteiger partial charge in [-0.2, -0.15) is 0 Å². The molecule has 0 bridgehead atoms. The van der Waals surface area contributed by atoms with E-state index in [-0.39, 0.29) is 6.04 Å². The van der Waals surface area contributed by atoms with E-state index in [1.165, 1.54) is 4.90 Å². The zero-order chi connectivity index (χ0) is 20.1. The van der Waals surface area contributed by atoms with E-state index in [4.69, 9.17) is 9.47 Å². The van der Waals surface area contributed by atoms with Gasteiger partial charge in [-0.15, -0.1) is 5.10 Å². The summed E-state index contributed by atoms with van der Waals surface area (Å²) in [5.74, 6) is 3.02. The summed E-state index contributed by atoms with van der Waals surface area (Å²) in [5, 5.41) is 12.8. The number of piperazine rings is 1. The largest absolute Gasteiger partial charge is 0.493 e. The number of ether oxygens (including phenoxy) is 2. The molecule has 2 N–H and O–H groups in total. The number of aromatic nitrogens is 4. The van der Waals surface area contributed by atoms with E-state index in [1.807, 2.05) is 10.7 Å². The van der Waals surface area contributed by atoms with Gasteiger partial charge in [-0.05, 0) is 41.0 Å². The first kappa shape index (κ1) is 20.5. The number of nitrogens with zero attached hydrogens (tertiary/aromatic N) is 4. The molecule has 2 aromatic rings. The monoisotopic (exact) mass is 390 g/mol. The van der Waals surface area contributed by atoms with Crippen molar-refractivity contribution in [2.24, 2.45) is 5.92 Å². The SMILES string of the molecule is COc1ccc([C@@H](c2nnnn2CCC(C)C)[NH+]2CC[NH+](C)CC2)cc1OC. The first-order valence-electron chi connectivity index (χ1n) is 10.2. The van der Waals surface area contributed by atoms with E-state index in [2.05, 4.69) is 48.6 Å². The number of aryl methyl sites for hydroxylation is 1. The highest BCUT2D eigenvalue weighted by Gasteiger charge is 2.35. The Labute approximate surface area is 167 Å². The van der Waals surface area contributed by atoms with Crippen LogP contribution in [0.2, 0.25) is 0 Å². The van der Waals surface area contributed by atoms with Gasteiger partial charge in [0.15, 0.2) is 17.5 Å². The highest BCUT2D eigenvalue weighted by atomic mass is 16.5. The summed E-state index contributed by atoms with van der Waals surface area (Å²) < 4.78 is 13.0. The van der Waals surface area contributed by atoms with Gasteiger partial charge in [0.1, 0.15) is 26.2 Å². The third-order valence-electron chi connectivity index (χ3n) is 5.63. The fraction of sp³-hybridized carbons (Fsp3) is 0.650. The summed E-state index contributed by atoms with van der Waals surface area (Å²) in [7, 11) is 5.60. The molecule has 0 amide bonds. The maximum Gasteiger partial charge on any atom is 0.214 e. The van der Waals surface area contributed by atoms with E-state index in [9.17, 15) is 0 Å². The summed E-state index contributed by atoms with van der Waals surface area (Å²) in [6, 6.07) is 6.24. The van der Waals surface area contributed by atoms with Crippen LogP contribution in [-0.4, -0.2) is 67.7 Å². The number of rotatable bonds is 8. The van der Waals surface area contributed by atoms with E-state index < -0.39 is 0 Å². The molecule has 2 heterocycles. The van der Waals surface area contributed by atoms with E-state index >= 15 is 0 Å². The second-order valence-corrected chi connectivity index (χ2v) is 8.11. The lowest BCUT2D eigenvalue weighted by Crippen LogP contribution is -3.27. The van der Waals surface area contributed by atoms with E-state index in [1.54, 1.807) is 19.1 Å². The average Bonchev–Trinajstić information content (AvgIpc) is 3.16. The lowest BCUT2D eigenvalue weighted by atomic mass is 10.0. The van der Waals surface area contributed by atoms with Gasteiger partial charge in [0.05, 0.1) is 21.3 Å². The van der Waals surface area contributed by atoms with Gasteiger partial charge in [0.25, 0.3) is 0 Å². The van der Waals surface area contributed by atoms with E-state index in [0.717, 1.165) is 62.0 Å². The van der Waals surface area contributed by atoms with Crippen molar-refractivity contribution < 1.29 is 19.3 Å². The van der Waals surface area contributed by atoms with Crippen LogP contribution in [0.3, 0.4) is 0 Å². The minimum atomic E-state index is 0.0788. The number of nitrogens with one attached hydrogen (secondary N) is 2. The molecule has 1 aliphatic heterocycles. The molecule has 154 valence electrons. The average molecular weight is 391 g/mol. The van der Waals surface area contributed by atoms with Gasteiger partial charge in [-0.1, -0.05) is 13.8 Å². The predicted octanol–water partition coefficient (Wildman–Crippen LogP) is -0.761. The van der Waals surface area contributed by atoms with Crippen molar-refractivity contribution in [3.05, 3.63) is 29.6 Å².